The third kappa shape index (κ3) is 2.79. The van der Waals surface area contributed by atoms with Crippen molar-refractivity contribution in [2.75, 3.05) is 18.9 Å². The third-order valence-corrected chi connectivity index (χ3v) is 3.35. The second kappa shape index (κ2) is 5.82. The van der Waals surface area contributed by atoms with Gasteiger partial charge in [-0.2, -0.15) is 0 Å². The molecule has 0 aromatic carbocycles. The van der Waals surface area contributed by atoms with Crippen molar-refractivity contribution in [1.82, 2.24) is 9.88 Å². The lowest BCUT2D eigenvalue weighted by molar-refractivity contribution is 0.0594. The summed E-state index contributed by atoms with van der Waals surface area (Å²) in [5, 5.41) is 9.40. The molecular weight excluding hydrogens is 230 g/mol. The van der Waals surface area contributed by atoms with Crippen molar-refractivity contribution >= 4 is 11.6 Å². The molecule has 1 aromatic rings. The largest absolute Gasteiger partial charge is 0.399 e. The highest BCUT2D eigenvalue weighted by Crippen LogP contribution is 2.19. The maximum atomic E-state index is 12.4. The molecule has 1 saturated heterocycles. The summed E-state index contributed by atoms with van der Waals surface area (Å²) in [6.07, 6.45) is 5.52. The normalized spacial score (nSPS) is 20.5. The molecule has 1 aliphatic rings. The van der Waals surface area contributed by atoms with E-state index in [2.05, 4.69) is 4.98 Å². The van der Waals surface area contributed by atoms with Crippen molar-refractivity contribution in [2.24, 2.45) is 0 Å². The number of rotatable bonds is 2. The van der Waals surface area contributed by atoms with Crippen molar-refractivity contribution in [2.45, 2.75) is 31.7 Å². The average Bonchev–Trinajstić information content (AvgIpc) is 2.62. The van der Waals surface area contributed by atoms with E-state index in [0.29, 0.717) is 17.9 Å². The number of nitrogens with zero attached hydrogens (tertiary/aromatic N) is 2. The fourth-order valence-electron chi connectivity index (χ4n) is 2.35. The van der Waals surface area contributed by atoms with Crippen LogP contribution in [-0.4, -0.2) is 40.1 Å². The number of anilines is 1. The Labute approximate surface area is 107 Å². The van der Waals surface area contributed by atoms with Crippen LogP contribution in [0.4, 0.5) is 5.69 Å². The van der Waals surface area contributed by atoms with E-state index in [-0.39, 0.29) is 18.6 Å². The van der Waals surface area contributed by atoms with Gasteiger partial charge in [0.25, 0.3) is 5.91 Å². The quantitative estimate of drug-likeness (QED) is 0.820. The first-order chi connectivity index (χ1) is 8.72. The Morgan fingerprint density at radius 2 is 2.33 bits per heavy atom. The molecule has 0 radical (unpaired) electrons. The van der Waals surface area contributed by atoms with Crippen molar-refractivity contribution in [3.05, 3.63) is 24.0 Å². The lowest BCUT2D eigenvalue weighted by atomic mass is 10.1. The van der Waals surface area contributed by atoms with Gasteiger partial charge in [0, 0.05) is 18.4 Å². The number of carbonyl (C=O) groups excluding carboxylic acids is 1. The van der Waals surface area contributed by atoms with Gasteiger partial charge in [0.05, 0.1) is 12.6 Å². The highest BCUT2D eigenvalue weighted by Gasteiger charge is 2.26. The average molecular weight is 249 g/mol. The number of aliphatic hydroxyl groups is 1. The van der Waals surface area contributed by atoms with Gasteiger partial charge in [0.15, 0.2) is 0 Å². The molecule has 5 heteroatoms. The zero-order valence-electron chi connectivity index (χ0n) is 10.4. The predicted molar refractivity (Wildman–Crippen MR) is 69.0 cm³/mol. The smallest absolute Gasteiger partial charge is 0.272 e. The lowest BCUT2D eigenvalue weighted by Gasteiger charge is -2.28. The topological polar surface area (TPSA) is 79.5 Å². The molecule has 3 N–H and O–H groups in total. The molecular formula is C13H19N3O2. The molecule has 0 saturated carbocycles. The molecule has 1 aliphatic heterocycles. The number of nitrogen functional groups attached to an aromatic ring is 1. The summed E-state index contributed by atoms with van der Waals surface area (Å²) in [4.78, 5) is 18.2. The second-order valence-corrected chi connectivity index (χ2v) is 4.66. The number of hydrogen-bond donors (Lipinski definition) is 2. The van der Waals surface area contributed by atoms with Crippen LogP contribution >= 0.6 is 0 Å². The van der Waals surface area contributed by atoms with Crippen LogP contribution in [-0.2, 0) is 0 Å². The van der Waals surface area contributed by atoms with Crippen LogP contribution < -0.4 is 5.73 Å². The van der Waals surface area contributed by atoms with E-state index in [4.69, 9.17) is 5.73 Å². The van der Waals surface area contributed by atoms with Gasteiger partial charge in [0.1, 0.15) is 5.69 Å². The Morgan fingerprint density at radius 3 is 3.06 bits per heavy atom. The van der Waals surface area contributed by atoms with E-state index in [9.17, 15) is 9.90 Å². The number of pyridine rings is 1. The minimum absolute atomic E-state index is 0.00799. The first-order valence-corrected chi connectivity index (χ1v) is 6.35. The molecule has 0 aliphatic carbocycles. The molecule has 0 bridgehead atoms. The zero-order chi connectivity index (χ0) is 13.0. The Bertz CT molecular complexity index is 422. The number of likely N-dealkylation sites (tertiary alicyclic amines) is 1. The molecule has 1 amide bonds. The predicted octanol–water partition coefficient (Wildman–Crippen LogP) is 1.04. The molecule has 1 fully saturated rings. The monoisotopic (exact) mass is 249 g/mol. The standard InChI is InChI=1S/C13H19N3O2/c14-10-5-6-15-12(8-10)13(18)16-7-3-1-2-4-11(16)9-17/h5-6,8,11,17H,1-4,7,9H2,(H2,14,15). The molecule has 1 unspecified atom stereocenters. The van der Waals surface area contributed by atoms with E-state index in [1.165, 1.54) is 6.20 Å². The van der Waals surface area contributed by atoms with Crippen LogP contribution in [0.2, 0.25) is 0 Å². The van der Waals surface area contributed by atoms with Crippen molar-refractivity contribution in [1.29, 1.82) is 0 Å². The van der Waals surface area contributed by atoms with Gasteiger partial charge in [-0.15, -0.1) is 0 Å². The molecule has 2 rings (SSSR count). The summed E-state index contributed by atoms with van der Waals surface area (Å²) in [6.45, 7) is 0.689. The van der Waals surface area contributed by atoms with E-state index < -0.39 is 0 Å². The summed E-state index contributed by atoms with van der Waals surface area (Å²) in [5.41, 5.74) is 6.55. The number of hydrogen-bond acceptors (Lipinski definition) is 4. The number of carbonyl (C=O) groups is 1. The van der Waals surface area contributed by atoms with Gasteiger partial charge in [-0.3, -0.25) is 9.78 Å². The molecule has 5 nitrogen and oxygen atoms in total. The van der Waals surface area contributed by atoms with Crippen LogP contribution in [0.5, 0.6) is 0 Å². The van der Waals surface area contributed by atoms with Gasteiger partial charge in [0.2, 0.25) is 0 Å². The number of aliphatic hydroxyl groups excluding tert-OH is 1. The number of amides is 1. The summed E-state index contributed by atoms with van der Waals surface area (Å²) in [7, 11) is 0. The van der Waals surface area contributed by atoms with Gasteiger partial charge >= 0.3 is 0 Å². The van der Waals surface area contributed by atoms with E-state index in [1.807, 2.05) is 0 Å². The molecule has 18 heavy (non-hydrogen) atoms. The summed E-state index contributed by atoms with van der Waals surface area (Å²) in [6, 6.07) is 3.15. The van der Waals surface area contributed by atoms with Crippen molar-refractivity contribution < 1.29 is 9.90 Å². The minimum Gasteiger partial charge on any atom is -0.399 e. The summed E-state index contributed by atoms with van der Waals surface area (Å²) in [5.74, 6) is -0.136. The number of nitrogens with two attached hydrogens (primary N) is 1. The van der Waals surface area contributed by atoms with Gasteiger partial charge < -0.3 is 15.7 Å². The second-order valence-electron chi connectivity index (χ2n) is 4.66. The lowest BCUT2D eigenvalue weighted by Crippen LogP contribution is -2.42. The van der Waals surface area contributed by atoms with Crippen LogP contribution in [0.3, 0.4) is 0 Å². The van der Waals surface area contributed by atoms with Crippen molar-refractivity contribution in [3.8, 4) is 0 Å². The fraction of sp³-hybridized carbons (Fsp3) is 0.538. The first-order valence-electron chi connectivity index (χ1n) is 6.35. The zero-order valence-corrected chi connectivity index (χ0v) is 10.4. The van der Waals surface area contributed by atoms with Crippen LogP contribution in [0.1, 0.15) is 36.2 Å². The van der Waals surface area contributed by atoms with Crippen LogP contribution in [0.15, 0.2) is 18.3 Å². The van der Waals surface area contributed by atoms with E-state index >= 15 is 0 Å². The van der Waals surface area contributed by atoms with Gasteiger partial charge in [-0.25, -0.2) is 0 Å². The van der Waals surface area contributed by atoms with E-state index in [1.54, 1.807) is 17.0 Å². The Balaban J connectivity index is 2.19. The first kappa shape index (κ1) is 12.8. The van der Waals surface area contributed by atoms with E-state index in [0.717, 1.165) is 25.7 Å². The Hall–Kier alpha value is -1.62. The Morgan fingerprint density at radius 1 is 1.50 bits per heavy atom. The summed E-state index contributed by atoms with van der Waals surface area (Å²) >= 11 is 0. The molecule has 1 atom stereocenters. The highest BCUT2D eigenvalue weighted by molar-refractivity contribution is 5.93. The Kier molecular flexibility index (Phi) is 4.15. The molecule has 98 valence electrons. The summed E-state index contributed by atoms with van der Waals surface area (Å²) < 4.78 is 0. The molecule has 1 aromatic heterocycles. The van der Waals surface area contributed by atoms with Crippen molar-refractivity contribution in [3.63, 3.8) is 0 Å². The van der Waals surface area contributed by atoms with Crippen LogP contribution in [0, 0.1) is 0 Å². The minimum atomic E-state index is -0.136. The third-order valence-electron chi connectivity index (χ3n) is 3.35. The molecule has 2 heterocycles. The highest BCUT2D eigenvalue weighted by atomic mass is 16.3. The van der Waals surface area contributed by atoms with Gasteiger partial charge in [-0.05, 0) is 25.0 Å². The molecule has 0 spiro atoms. The maximum absolute atomic E-state index is 12.4. The SMILES string of the molecule is Nc1ccnc(C(=O)N2CCCCCC2CO)c1. The van der Waals surface area contributed by atoms with Crippen LogP contribution in [0.25, 0.3) is 0 Å². The van der Waals surface area contributed by atoms with Gasteiger partial charge in [-0.1, -0.05) is 12.8 Å². The maximum Gasteiger partial charge on any atom is 0.272 e. The number of aromatic nitrogens is 1. The fourth-order valence-corrected chi connectivity index (χ4v) is 2.35.